The molecule has 3 heteroatoms. The maximum atomic E-state index is 12.1. The van der Waals surface area contributed by atoms with Crippen molar-refractivity contribution in [2.45, 2.75) is 6.54 Å². The highest BCUT2D eigenvalue weighted by Gasteiger charge is 2.10. The Bertz CT molecular complexity index is 632. The molecule has 1 heterocycles. The maximum absolute atomic E-state index is 12.1. The van der Waals surface area contributed by atoms with Crippen molar-refractivity contribution < 1.29 is 4.79 Å². The van der Waals surface area contributed by atoms with Gasteiger partial charge in [0, 0.05) is 17.8 Å². The van der Waals surface area contributed by atoms with E-state index in [0.29, 0.717) is 5.56 Å². The Labute approximate surface area is 112 Å². The first-order chi connectivity index (χ1) is 9.33. The van der Waals surface area contributed by atoms with E-state index in [1.54, 1.807) is 0 Å². The SMILES string of the molecule is O=C(Nc1ccccc1)c1ccc2c(c1)C=CNC2. The number of hydrogen-bond acceptors (Lipinski definition) is 2. The predicted octanol–water partition coefficient (Wildman–Crippen LogP) is 3.01. The lowest BCUT2D eigenvalue weighted by molar-refractivity contribution is 0.102. The van der Waals surface area contributed by atoms with Crippen LogP contribution < -0.4 is 10.6 Å². The Balaban J connectivity index is 1.83. The first-order valence-corrected chi connectivity index (χ1v) is 6.22. The molecular weight excluding hydrogens is 236 g/mol. The molecule has 0 aliphatic carbocycles. The van der Waals surface area contributed by atoms with E-state index in [1.165, 1.54) is 5.56 Å². The van der Waals surface area contributed by atoms with Crippen molar-refractivity contribution in [3.8, 4) is 0 Å². The van der Waals surface area contributed by atoms with Crippen molar-refractivity contribution in [2.24, 2.45) is 0 Å². The summed E-state index contributed by atoms with van der Waals surface area (Å²) in [7, 11) is 0. The number of benzene rings is 2. The largest absolute Gasteiger partial charge is 0.387 e. The summed E-state index contributed by atoms with van der Waals surface area (Å²) in [5.41, 5.74) is 3.79. The van der Waals surface area contributed by atoms with Crippen molar-refractivity contribution in [2.75, 3.05) is 5.32 Å². The number of hydrogen-bond donors (Lipinski definition) is 2. The number of nitrogens with one attached hydrogen (secondary N) is 2. The van der Waals surface area contributed by atoms with Crippen molar-refractivity contribution in [1.82, 2.24) is 5.32 Å². The van der Waals surface area contributed by atoms with Crippen LogP contribution in [0.25, 0.3) is 6.08 Å². The average Bonchev–Trinajstić information content (AvgIpc) is 2.48. The number of para-hydroxylation sites is 1. The number of carbonyl (C=O) groups excluding carboxylic acids is 1. The van der Waals surface area contributed by atoms with Gasteiger partial charge in [-0.2, -0.15) is 0 Å². The van der Waals surface area contributed by atoms with Crippen LogP contribution in [0.15, 0.2) is 54.7 Å². The molecule has 1 aliphatic heterocycles. The van der Waals surface area contributed by atoms with Crippen molar-refractivity contribution in [3.63, 3.8) is 0 Å². The molecule has 1 amide bonds. The molecule has 0 bridgehead atoms. The molecule has 2 N–H and O–H groups in total. The molecule has 0 atom stereocenters. The van der Waals surface area contributed by atoms with E-state index >= 15 is 0 Å². The topological polar surface area (TPSA) is 41.1 Å². The molecule has 2 aromatic carbocycles. The molecule has 1 aliphatic rings. The van der Waals surface area contributed by atoms with Crippen LogP contribution in [0.3, 0.4) is 0 Å². The number of rotatable bonds is 2. The van der Waals surface area contributed by atoms with Crippen LogP contribution in [-0.4, -0.2) is 5.91 Å². The van der Waals surface area contributed by atoms with E-state index in [2.05, 4.69) is 10.6 Å². The summed E-state index contributed by atoms with van der Waals surface area (Å²) in [6.45, 7) is 0.812. The van der Waals surface area contributed by atoms with Gasteiger partial charge >= 0.3 is 0 Å². The summed E-state index contributed by atoms with van der Waals surface area (Å²) in [6.07, 6.45) is 3.89. The first kappa shape index (κ1) is 11.5. The molecule has 0 saturated heterocycles. The standard InChI is InChI=1S/C16H14N2O/c19-16(18-15-4-2-1-3-5-15)13-6-7-14-11-17-9-8-12(14)10-13/h1-10,17H,11H2,(H,18,19). The summed E-state index contributed by atoms with van der Waals surface area (Å²) in [5.74, 6) is -0.0825. The summed E-state index contributed by atoms with van der Waals surface area (Å²) in [4.78, 5) is 12.1. The Morgan fingerprint density at radius 2 is 1.95 bits per heavy atom. The van der Waals surface area contributed by atoms with Gasteiger partial charge in [-0.15, -0.1) is 0 Å². The fourth-order valence-electron chi connectivity index (χ4n) is 2.09. The van der Waals surface area contributed by atoms with E-state index in [4.69, 9.17) is 0 Å². The first-order valence-electron chi connectivity index (χ1n) is 6.22. The van der Waals surface area contributed by atoms with Crippen LogP contribution in [0.4, 0.5) is 5.69 Å². The van der Waals surface area contributed by atoms with E-state index in [9.17, 15) is 4.79 Å². The van der Waals surface area contributed by atoms with Gasteiger partial charge in [0.1, 0.15) is 0 Å². The van der Waals surface area contributed by atoms with Gasteiger partial charge in [0.05, 0.1) is 0 Å². The fourth-order valence-corrected chi connectivity index (χ4v) is 2.09. The van der Waals surface area contributed by atoms with Gasteiger partial charge in [-0.05, 0) is 47.7 Å². The van der Waals surface area contributed by atoms with Gasteiger partial charge in [-0.1, -0.05) is 24.3 Å². The molecule has 0 saturated carbocycles. The van der Waals surface area contributed by atoms with Crippen LogP contribution in [0.1, 0.15) is 21.5 Å². The zero-order valence-electron chi connectivity index (χ0n) is 10.4. The Morgan fingerprint density at radius 3 is 2.79 bits per heavy atom. The molecule has 3 nitrogen and oxygen atoms in total. The van der Waals surface area contributed by atoms with Gasteiger partial charge < -0.3 is 10.6 Å². The zero-order valence-corrected chi connectivity index (χ0v) is 10.4. The second-order valence-electron chi connectivity index (χ2n) is 4.45. The quantitative estimate of drug-likeness (QED) is 0.860. The molecule has 0 spiro atoms. The number of amides is 1. The van der Waals surface area contributed by atoms with E-state index < -0.39 is 0 Å². The summed E-state index contributed by atoms with van der Waals surface area (Å²) in [5, 5.41) is 6.03. The number of carbonyl (C=O) groups is 1. The lowest BCUT2D eigenvalue weighted by Crippen LogP contribution is -2.14. The lowest BCUT2D eigenvalue weighted by atomic mass is 10.0. The van der Waals surface area contributed by atoms with Gasteiger partial charge in [0.15, 0.2) is 0 Å². The zero-order chi connectivity index (χ0) is 13.1. The summed E-state index contributed by atoms with van der Waals surface area (Å²) < 4.78 is 0. The smallest absolute Gasteiger partial charge is 0.255 e. The molecule has 3 rings (SSSR count). The van der Waals surface area contributed by atoms with Crippen molar-refractivity contribution in [3.05, 3.63) is 71.4 Å². The van der Waals surface area contributed by atoms with Gasteiger partial charge in [-0.25, -0.2) is 0 Å². The monoisotopic (exact) mass is 250 g/mol. The Morgan fingerprint density at radius 1 is 1.11 bits per heavy atom. The second kappa shape index (κ2) is 4.98. The fraction of sp³-hybridized carbons (Fsp3) is 0.0625. The molecule has 94 valence electrons. The second-order valence-corrected chi connectivity index (χ2v) is 4.45. The highest BCUT2D eigenvalue weighted by molar-refractivity contribution is 6.04. The minimum atomic E-state index is -0.0825. The predicted molar refractivity (Wildman–Crippen MR) is 76.7 cm³/mol. The highest BCUT2D eigenvalue weighted by Crippen LogP contribution is 2.17. The Hall–Kier alpha value is -2.55. The molecule has 0 aromatic heterocycles. The van der Waals surface area contributed by atoms with Crippen LogP contribution in [0.5, 0.6) is 0 Å². The third kappa shape index (κ3) is 2.50. The summed E-state index contributed by atoms with van der Waals surface area (Å²) in [6, 6.07) is 15.2. The number of anilines is 1. The normalized spacial score (nSPS) is 12.4. The van der Waals surface area contributed by atoms with Gasteiger partial charge in [0.2, 0.25) is 0 Å². The Kier molecular flexibility index (Phi) is 3.02. The highest BCUT2D eigenvalue weighted by atomic mass is 16.1. The van der Waals surface area contributed by atoms with Crippen molar-refractivity contribution >= 4 is 17.7 Å². The van der Waals surface area contributed by atoms with E-state index in [0.717, 1.165) is 17.8 Å². The van der Waals surface area contributed by atoms with Crippen LogP contribution in [0.2, 0.25) is 0 Å². The van der Waals surface area contributed by atoms with Crippen LogP contribution in [0, 0.1) is 0 Å². The molecule has 19 heavy (non-hydrogen) atoms. The molecular formula is C16H14N2O. The lowest BCUT2D eigenvalue weighted by Gasteiger charge is -2.13. The van der Waals surface area contributed by atoms with Gasteiger partial charge in [0.25, 0.3) is 5.91 Å². The minimum Gasteiger partial charge on any atom is -0.387 e. The van der Waals surface area contributed by atoms with E-state index in [-0.39, 0.29) is 5.91 Å². The van der Waals surface area contributed by atoms with Crippen LogP contribution >= 0.6 is 0 Å². The molecule has 0 unspecified atom stereocenters. The van der Waals surface area contributed by atoms with Crippen LogP contribution in [-0.2, 0) is 6.54 Å². The third-order valence-electron chi connectivity index (χ3n) is 3.11. The van der Waals surface area contributed by atoms with Crippen molar-refractivity contribution in [1.29, 1.82) is 0 Å². The molecule has 0 radical (unpaired) electrons. The molecule has 2 aromatic rings. The minimum absolute atomic E-state index is 0.0825. The third-order valence-corrected chi connectivity index (χ3v) is 3.11. The maximum Gasteiger partial charge on any atom is 0.255 e. The average molecular weight is 250 g/mol. The molecule has 0 fully saturated rings. The van der Waals surface area contributed by atoms with E-state index in [1.807, 2.05) is 60.8 Å². The summed E-state index contributed by atoms with van der Waals surface area (Å²) >= 11 is 0. The number of fused-ring (bicyclic) bond motifs is 1. The van der Waals surface area contributed by atoms with Gasteiger partial charge in [-0.3, -0.25) is 4.79 Å².